The molecule has 0 saturated carbocycles. The molecule has 1 amide bonds. The summed E-state index contributed by atoms with van der Waals surface area (Å²) in [5.74, 6) is -0.916. The van der Waals surface area contributed by atoms with Gasteiger partial charge in [-0.2, -0.15) is 0 Å². The minimum Gasteiger partial charge on any atom is -0.478 e. The molecule has 1 aromatic rings. The predicted octanol–water partition coefficient (Wildman–Crippen LogP) is 2.15. The number of amides is 1. The Morgan fingerprint density at radius 3 is 2.95 bits per heavy atom. The molecular weight excluding hydrogens is 258 g/mol. The molecule has 0 aliphatic heterocycles. The maximum absolute atomic E-state index is 11.5. The van der Waals surface area contributed by atoms with Crippen LogP contribution in [0, 0.1) is 0 Å². The second kappa shape index (κ2) is 6.23. The summed E-state index contributed by atoms with van der Waals surface area (Å²) in [6.07, 6.45) is 3.30. The molecule has 0 spiro atoms. The largest absolute Gasteiger partial charge is 0.478 e. The van der Waals surface area contributed by atoms with Crippen LogP contribution in [-0.2, 0) is 17.6 Å². The number of carboxylic acids is 1. The Labute approximate surface area is 117 Å². The Bertz CT molecular complexity index is 539. The third-order valence-corrected chi connectivity index (χ3v) is 3.34. The van der Waals surface area contributed by atoms with E-state index in [2.05, 4.69) is 11.9 Å². The highest BCUT2D eigenvalue weighted by Crippen LogP contribution is 2.22. The fourth-order valence-electron chi connectivity index (χ4n) is 2.35. The second-order valence-corrected chi connectivity index (χ2v) is 4.76. The number of fused-ring (bicyclic) bond motifs is 1. The quantitative estimate of drug-likeness (QED) is 0.826. The van der Waals surface area contributed by atoms with Gasteiger partial charge in [0, 0.05) is 6.04 Å². The highest BCUT2D eigenvalue weighted by Gasteiger charge is 2.21. The van der Waals surface area contributed by atoms with Gasteiger partial charge in [-0.05, 0) is 42.5 Å². The first-order valence-corrected chi connectivity index (χ1v) is 6.49. The van der Waals surface area contributed by atoms with Gasteiger partial charge < -0.3 is 15.2 Å². The van der Waals surface area contributed by atoms with Crippen molar-refractivity contribution in [2.75, 3.05) is 6.61 Å². The van der Waals surface area contributed by atoms with E-state index in [1.165, 1.54) is 6.08 Å². The van der Waals surface area contributed by atoms with Crippen molar-refractivity contribution in [2.24, 2.45) is 0 Å². The van der Waals surface area contributed by atoms with Crippen LogP contribution in [0.25, 0.3) is 0 Å². The van der Waals surface area contributed by atoms with Crippen molar-refractivity contribution in [3.8, 4) is 0 Å². The molecule has 106 valence electrons. The van der Waals surface area contributed by atoms with Gasteiger partial charge in [0.15, 0.2) is 0 Å². The van der Waals surface area contributed by atoms with Crippen molar-refractivity contribution in [3.05, 3.63) is 47.5 Å². The molecular formula is C15H17NO4. The summed E-state index contributed by atoms with van der Waals surface area (Å²) in [5.41, 5.74) is 2.43. The maximum Gasteiger partial charge on any atom is 0.407 e. The predicted molar refractivity (Wildman–Crippen MR) is 73.9 cm³/mol. The molecule has 0 fully saturated rings. The average Bonchev–Trinajstić information content (AvgIpc) is 2.44. The lowest BCUT2D eigenvalue weighted by molar-refractivity contribution is 0.0696. The van der Waals surface area contributed by atoms with Crippen LogP contribution >= 0.6 is 0 Å². The first-order valence-electron chi connectivity index (χ1n) is 6.49. The lowest BCUT2D eigenvalue weighted by Crippen LogP contribution is -2.39. The van der Waals surface area contributed by atoms with E-state index in [4.69, 9.17) is 9.84 Å². The molecule has 1 aliphatic carbocycles. The first-order chi connectivity index (χ1) is 9.60. The number of carbonyl (C=O) groups is 2. The van der Waals surface area contributed by atoms with E-state index in [1.807, 2.05) is 6.07 Å². The van der Waals surface area contributed by atoms with Crippen LogP contribution in [0.3, 0.4) is 0 Å². The summed E-state index contributed by atoms with van der Waals surface area (Å²) in [6, 6.07) is 5.15. The van der Waals surface area contributed by atoms with Crippen LogP contribution in [0.2, 0.25) is 0 Å². The van der Waals surface area contributed by atoms with Crippen LogP contribution in [0.5, 0.6) is 0 Å². The summed E-state index contributed by atoms with van der Waals surface area (Å²) >= 11 is 0. The lowest BCUT2D eigenvalue weighted by atomic mass is 9.87. The van der Waals surface area contributed by atoms with Crippen LogP contribution in [0.4, 0.5) is 4.79 Å². The number of hydrogen-bond acceptors (Lipinski definition) is 3. The number of aryl methyl sites for hydroxylation is 1. The summed E-state index contributed by atoms with van der Waals surface area (Å²) in [6.45, 7) is 3.67. The summed E-state index contributed by atoms with van der Waals surface area (Å²) in [7, 11) is 0. The molecule has 20 heavy (non-hydrogen) atoms. The van der Waals surface area contributed by atoms with Crippen molar-refractivity contribution in [3.63, 3.8) is 0 Å². The number of rotatable bonds is 4. The number of carboxylic acid groups (broad SMARTS) is 1. The molecule has 1 aromatic carbocycles. The van der Waals surface area contributed by atoms with E-state index >= 15 is 0 Å². The fraction of sp³-hybridized carbons (Fsp3) is 0.333. The van der Waals surface area contributed by atoms with E-state index in [0.717, 1.165) is 24.0 Å². The smallest absolute Gasteiger partial charge is 0.407 e. The number of benzene rings is 1. The number of alkyl carbamates (subject to hydrolysis) is 1. The van der Waals surface area contributed by atoms with Gasteiger partial charge in [0.1, 0.15) is 6.61 Å². The van der Waals surface area contributed by atoms with Gasteiger partial charge in [0.25, 0.3) is 0 Å². The molecule has 0 saturated heterocycles. The van der Waals surface area contributed by atoms with Gasteiger partial charge in [-0.15, -0.1) is 0 Å². The van der Waals surface area contributed by atoms with Crippen molar-refractivity contribution in [1.29, 1.82) is 0 Å². The summed E-state index contributed by atoms with van der Waals surface area (Å²) < 4.78 is 4.89. The number of ether oxygens (including phenoxy) is 1. The van der Waals surface area contributed by atoms with Crippen molar-refractivity contribution >= 4 is 12.1 Å². The van der Waals surface area contributed by atoms with Crippen LogP contribution < -0.4 is 5.32 Å². The van der Waals surface area contributed by atoms with Gasteiger partial charge in [-0.3, -0.25) is 0 Å². The molecule has 0 aromatic heterocycles. The van der Waals surface area contributed by atoms with Crippen LogP contribution in [0.1, 0.15) is 27.9 Å². The Kier molecular flexibility index (Phi) is 4.40. The Morgan fingerprint density at radius 1 is 1.45 bits per heavy atom. The van der Waals surface area contributed by atoms with E-state index < -0.39 is 12.1 Å². The highest BCUT2D eigenvalue weighted by atomic mass is 16.5. The maximum atomic E-state index is 11.5. The van der Waals surface area contributed by atoms with E-state index in [0.29, 0.717) is 12.0 Å². The Morgan fingerprint density at radius 2 is 2.25 bits per heavy atom. The molecule has 0 heterocycles. The molecule has 2 N–H and O–H groups in total. The van der Waals surface area contributed by atoms with Crippen molar-refractivity contribution in [1.82, 2.24) is 5.32 Å². The number of nitrogens with one attached hydrogen (secondary N) is 1. The Balaban J connectivity index is 1.99. The first kappa shape index (κ1) is 14.1. The van der Waals surface area contributed by atoms with E-state index in [-0.39, 0.29) is 12.6 Å². The molecule has 0 bridgehead atoms. The zero-order valence-electron chi connectivity index (χ0n) is 11.1. The monoisotopic (exact) mass is 275 g/mol. The SMILES string of the molecule is C=CCOC(=O)NC1CCc2cc(C(=O)O)ccc2C1. The Hall–Kier alpha value is -2.30. The van der Waals surface area contributed by atoms with Gasteiger partial charge >= 0.3 is 12.1 Å². The van der Waals surface area contributed by atoms with Crippen molar-refractivity contribution in [2.45, 2.75) is 25.3 Å². The molecule has 5 nitrogen and oxygen atoms in total. The standard InChI is InChI=1S/C15H17NO4/c1-2-7-20-15(19)16-13-6-5-10-8-12(14(17)18)4-3-11(10)9-13/h2-4,8,13H,1,5-7,9H2,(H,16,19)(H,17,18). The van der Waals surface area contributed by atoms with Gasteiger partial charge in [-0.1, -0.05) is 18.7 Å². The van der Waals surface area contributed by atoms with E-state index in [1.54, 1.807) is 12.1 Å². The molecule has 1 unspecified atom stereocenters. The summed E-state index contributed by atoms with van der Waals surface area (Å²) in [5, 5.41) is 11.8. The number of aromatic carboxylic acids is 1. The number of carbonyl (C=O) groups excluding carboxylic acids is 1. The molecule has 1 aliphatic rings. The second-order valence-electron chi connectivity index (χ2n) is 4.76. The van der Waals surface area contributed by atoms with E-state index in [9.17, 15) is 9.59 Å². The zero-order chi connectivity index (χ0) is 14.5. The minimum absolute atomic E-state index is 0.0236. The normalized spacial score (nSPS) is 16.9. The van der Waals surface area contributed by atoms with Crippen LogP contribution in [0.15, 0.2) is 30.9 Å². The lowest BCUT2D eigenvalue weighted by Gasteiger charge is -2.25. The van der Waals surface area contributed by atoms with Gasteiger partial charge in [0.2, 0.25) is 0 Å². The topological polar surface area (TPSA) is 75.6 Å². The third kappa shape index (κ3) is 3.38. The minimum atomic E-state index is -0.916. The van der Waals surface area contributed by atoms with Crippen molar-refractivity contribution < 1.29 is 19.4 Å². The molecule has 5 heteroatoms. The van der Waals surface area contributed by atoms with Gasteiger partial charge in [0.05, 0.1) is 5.56 Å². The highest BCUT2D eigenvalue weighted by molar-refractivity contribution is 5.87. The average molecular weight is 275 g/mol. The molecule has 1 atom stereocenters. The fourth-order valence-corrected chi connectivity index (χ4v) is 2.35. The molecule has 2 rings (SSSR count). The zero-order valence-corrected chi connectivity index (χ0v) is 11.1. The molecule has 0 radical (unpaired) electrons. The third-order valence-electron chi connectivity index (χ3n) is 3.34. The number of hydrogen-bond donors (Lipinski definition) is 2. The van der Waals surface area contributed by atoms with Gasteiger partial charge in [-0.25, -0.2) is 9.59 Å². The van der Waals surface area contributed by atoms with Crippen LogP contribution in [-0.4, -0.2) is 29.8 Å². The summed E-state index contributed by atoms with van der Waals surface area (Å²) in [4.78, 5) is 22.4.